The second-order valence-electron chi connectivity index (χ2n) is 4.10. The molecule has 0 bridgehead atoms. The highest BCUT2D eigenvalue weighted by atomic mass is 16.7. The number of unbranched alkanes of at least 4 members (excludes halogenated alkanes) is 2. The minimum absolute atomic E-state index is 0.436. The van der Waals surface area contributed by atoms with Gasteiger partial charge in [0.05, 0.1) is 26.4 Å². The second kappa shape index (κ2) is 14.9. The van der Waals surface area contributed by atoms with Crippen molar-refractivity contribution in [1.82, 2.24) is 0 Å². The van der Waals surface area contributed by atoms with Gasteiger partial charge in [0.2, 0.25) is 0 Å². The van der Waals surface area contributed by atoms with Crippen LogP contribution in [0.5, 0.6) is 0 Å². The molecule has 0 spiro atoms. The molecule has 18 heavy (non-hydrogen) atoms. The van der Waals surface area contributed by atoms with Gasteiger partial charge in [0.25, 0.3) is 0 Å². The third-order valence-corrected chi connectivity index (χ3v) is 2.35. The van der Waals surface area contributed by atoms with Gasteiger partial charge < -0.3 is 18.9 Å². The SMILES string of the molecule is [CH2]C(OCCOCCCC)OCCOCCCC. The summed E-state index contributed by atoms with van der Waals surface area (Å²) in [6.45, 7) is 11.9. The Bertz CT molecular complexity index is 137. The van der Waals surface area contributed by atoms with E-state index < -0.39 is 6.29 Å². The zero-order valence-corrected chi connectivity index (χ0v) is 12.0. The average molecular weight is 261 g/mol. The van der Waals surface area contributed by atoms with Gasteiger partial charge in [0.15, 0.2) is 6.29 Å². The minimum atomic E-state index is -0.436. The van der Waals surface area contributed by atoms with Crippen LogP contribution in [0.25, 0.3) is 0 Å². The molecule has 0 aliphatic rings. The van der Waals surface area contributed by atoms with Crippen molar-refractivity contribution in [1.29, 1.82) is 0 Å². The highest BCUT2D eigenvalue weighted by Crippen LogP contribution is 1.95. The van der Waals surface area contributed by atoms with Crippen LogP contribution in [0.4, 0.5) is 0 Å². The average Bonchev–Trinajstić information content (AvgIpc) is 2.38. The zero-order valence-electron chi connectivity index (χ0n) is 12.0. The number of ether oxygens (including phenoxy) is 4. The van der Waals surface area contributed by atoms with Crippen molar-refractivity contribution in [2.24, 2.45) is 0 Å². The molecule has 0 rings (SSSR count). The fraction of sp³-hybridized carbons (Fsp3) is 0.929. The van der Waals surface area contributed by atoms with Crippen LogP contribution < -0.4 is 0 Å². The van der Waals surface area contributed by atoms with E-state index in [2.05, 4.69) is 20.8 Å². The third-order valence-electron chi connectivity index (χ3n) is 2.35. The fourth-order valence-electron chi connectivity index (χ4n) is 1.22. The first kappa shape index (κ1) is 17.8. The van der Waals surface area contributed by atoms with Crippen molar-refractivity contribution in [3.8, 4) is 0 Å². The van der Waals surface area contributed by atoms with Gasteiger partial charge in [-0.1, -0.05) is 26.7 Å². The Kier molecular flexibility index (Phi) is 14.8. The molecule has 0 heterocycles. The molecule has 109 valence electrons. The minimum Gasteiger partial charge on any atom is -0.379 e. The van der Waals surface area contributed by atoms with Gasteiger partial charge in [0.1, 0.15) is 0 Å². The summed E-state index contributed by atoms with van der Waals surface area (Å²) in [5.41, 5.74) is 0. The van der Waals surface area contributed by atoms with Crippen LogP contribution in [0.2, 0.25) is 0 Å². The topological polar surface area (TPSA) is 36.9 Å². The number of rotatable bonds is 14. The lowest BCUT2D eigenvalue weighted by molar-refractivity contribution is -0.132. The van der Waals surface area contributed by atoms with E-state index in [4.69, 9.17) is 18.9 Å². The van der Waals surface area contributed by atoms with E-state index in [1.165, 1.54) is 0 Å². The Balaban J connectivity index is 3.10. The van der Waals surface area contributed by atoms with Crippen LogP contribution in [0, 0.1) is 6.92 Å². The molecule has 4 nitrogen and oxygen atoms in total. The molecule has 0 unspecified atom stereocenters. The van der Waals surface area contributed by atoms with Crippen LogP contribution in [0.3, 0.4) is 0 Å². The monoisotopic (exact) mass is 261 g/mol. The molecule has 0 aliphatic heterocycles. The summed E-state index contributed by atoms with van der Waals surface area (Å²) in [4.78, 5) is 0. The molecule has 0 aromatic heterocycles. The van der Waals surface area contributed by atoms with Crippen molar-refractivity contribution in [3.63, 3.8) is 0 Å². The van der Waals surface area contributed by atoms with Gasteiger partial charge in [-0.25, -0.2) is 0 Å². The standard InChI is InChI=1S/C14H29O4/c1-4-6-8-15-10-12-17-14(3)18-13-11-16-9-7-5-2/h14H,3-13H2,1-2H3. The summed E-state index contributed by atoms with van der Waals surface area (Å²) in [6.07, 6.45) is 4.06. The zero-order chi connectivity index (χ0) is 13.5. The first-order chi connectivity index (χ1) is 8.81. The predicted molar refractivity (Wildman–Crippen MR) is 72.5 cm³/mol. The van der Waals surface area contributed by atoms with Crippen LogP contribution in [0.1, 0.15) is 39.5 Å². The maximum Gasteiger partial charge on any atom is 0.157 e. The van der Waals surface area contributed by atoms with Gasteiger partial charge in [-0.3, -0.25) is 0 Å². The molecular weight excluding hydrogens is 232 g/mol. The summed E-state index contributed by atoms with van der Waals surface area (Å²) in [5.74, 6) is 0. The van der Waals surface area contributed by atoms with E-state index in [9.17, 15) is 0 Å². The summed E-state index contributed by atoms with van der Waals surface area (Å²) < 4.78 is 21.4. The van der Waals surface area contributed by atoms with Crippen molar-refractivity contribution in [2.45, 2.75) is 45.8 Å². The molecule has 0 saturated heterocycles. The quantitative estimate of drug-likeness (QED) is 0.356. The molecule has 1 radical (unpaired) electrons. The predicted octanol–water partition coefficient (Wildman–Crippen LogP) is 2.81. The number of hydrogen-bond donors (Lipinski definition) is 0. The highest BCUT2D eigenvalue weighted by molar-refractivity contribution is 4.46. The summed E-state index contributed by atoms with van der Waals surface area (Å²) >= 11 is 0. The van der Waals surface area contributed by atoms with E-state index >= 15 is 0 Å². The Morgan fingerprint density at radius 3 is 1.56 bits per heavy atom. The Labute approximate surface area is 112 Å². The smallest absolute Gasteiger partial charge is 0.157 e. The molecule has 0 atom stereocenters. The van der Waals surface area contributed by atoms with Crippen molar-refractivity contribution < 1.29 is 18.9 Å². The van der Waals surface area contributed by atoms with E-state index in [0.29, 0.717) is 26.4 Å². The molecule has 0 N–H and O–H groups in total. The maximum absolute atomic E-state index is 5.36. The third kappa shape index (κ3) is 13.9. The summed E-state index contributed by atoms with van der Waals surface area (Å²) in [5, 5.41) is 0. The number of hydrogen-bond acceptors (Lipinski definition) is 4. The highest BCUT2D eigenvalue weighted by Gasteiger charge is 2.01. The lowest BCUT2D eigenvalue weighted by Gasteiger charge is -2.14. The Hall–Kier alpha value is -0.160. The van der Waals surface area contributed by atoms with Crippen LogP contribution >= 0.6 is 0 Å². The fourth-order valence-corrected chi connectivity index (χ4v) is 1.22. The Morgan fingerprint density at radius 2 is 1.17 bits per heavy atom. The largest absolute Gasteiger partial charge is 0.379 e. The van der Waals surface area contributed by atoms with E-state index in [0.717, 1.165) is 38.9 Å². The molecule has 0 aliphatic carbocycles. The lowest BCUT2D eigenvalue weighted by atomic mass is 10.4. The Morgan fingerprint density at radius 1 is 0.722 bits per heavy atom. The van der Waals surface area contributed by atoms with Gasteiger partial charge >= 0.3 is 0 Å². The lowest BCUT2D eigenvalue weighted by Crippen LogP contribution is -2.19. The van der Waals surface area contributed by atoms with Gasteiger partial charge in [-0.2, -0.15) is 0 Å². The molecule has 0 amide bonds. The maximum atomic E-state index is 5.36. The first-order valence-electron chi connectivity index (χ1n) is 7.03. The van der Waals surface area contributed by atoms with Crippen molar-refractivity contribution >= 4 is 0 Å². The first-order valence-corrected chi connectivity index (χ1v) is 7.03. The van der Waals surface area contributed by atoms with Crippen LogP contribution in [0.15, 0.2) is 0 Å². The van der Waals surface area contributed by atoms with Gasteiger partial charge in [-0.05, 0) is 12.8 Å². The second-order valence-corrected chi connectivity index (χ2v) is 4.10. The molecule has 4 heteroatoms. The van der Waals surface area contributed by atoms with E-state index in [1.807, 2.05) is 0 Å². The van der Waals surface area contributed by atoms with E-state index in [-0.39, 0.29) is 0 Å². The van der Waals surface area contributed by atoms with Crippen LogP contribution in [-0.2, 0) is 18.9 Å². The van der Waals surface area contributed by atoms with Gasteiger partial charge in [0, 0.05) is 20.1 Å². The van der Waals surface area contributed by atoms with Gasteiger partial charge in [-0.15, -0.1) is 0 Å². The molecule has 0 fully saturated rings. The van der Waals surface area contributed by atoms with Crippen molar-refractivity contribution in [2.75, 3.05) is 39.6 Å². The van der Waals surface area contributed by atoms with Crippen molar-refractivity contribution in [3.05, 3.63) is 6.92 Å². The molecular formula is C14H29O4. The summed E-state index contributed by atoms with van der Waals surface area (Å²) in [7, 11) is 0. The molecule has 0 aromatic rings. The van der Waals surface area contributed by atoms with Crippen LogP contribution in [-0.4, -0.2) is 45.9 Å². The summed E-state index contributed by atoms with van der Waals surface area (Å²) in [6, 6.07) is 0. The van der Waals surface area contributed by atoms with E-state index in [1.54, 1.807) is 0 Å². The normalized spacial score (nSPS) is 11.3. The molecule has 0 saturated carbocycles. The molecule has 0 aromatic carbocycles.